The van der Waals surface area contributed by atoms with Gasteiger partial charge in [-0.1, -0.05) is 6.07 Å². The molecule has 2 heterocycles. The number of benzene rings is 2. The Morgan fingerprint density at radius 1 is 1.11 bits per heavy atom. The number of aromatic nitrogens is 2. The molecule has 0 aliphatic heterocycles. The number of amides is 1. The standard InChI is InChI=1S/C26H22FN3O6S/c1-4-36-26(33)23-18-14-37-24(22(18)25(32)30(29-23)17-9-7-16(27)8-10-17)28-21(31)12-6-15-5-11-19(34-2)20(13-15)35-3/h5-14H,4H2,1-3H3,(H,28,31). The third-order valence-electron chi connectivity index (χ3n) is 5.26. The third kappa shape index (κ3) is 5.36. The smallest absolute Gasteiger partial charge is 0.359 e. The van der Waals surface area contributed by atoms with Crippen molar-refractivity contribution in [2.24, 2.45) is 0 Å². The van der Waals surface area contributed by atoms with Gasteiger partial charge in [-0.3, -0.25) is 9.59 Å². The van der Waals surface area contributed by atoms with E-state index in [0.29, 0.717) is 17.1 Å². The molecule has 9 nitrogen and oxygen atoms in total. The van der Waals surface area contributed by atoms with Crippen molar-refractivity contribution in [3.8, 4) is 17.2 Å². The van der Waals surface area contributed by atoms with E-state index >= 15 is 0 Å². The van der Waals surface area contributed by atoms with Gasteiger partial charge in [0.25, 0.3) is 5.56 Å². The van der Waals surface area contributed by atoms with Crippen LogP contribution in [0.25, 0.3) is 22.5 Å². The number of nitrogens with one attached hydrogen (secondary N) is 1. The molecule has 1 N–H and O–H groups in total. The highest BCUT2D eigenvalue weighted by atomic mass is 32.1. The molecule has 0 aliphatic rings. The van der Waals surface area contributed by atoms with Gasteiger partial charge in [0.15, 0.2) is 17.2 Å². The lowest BCUT2D eigenvalue weighted by Gasteiger charge is -2.09. The molecule has 0 saturated carbocycles. The summed E-state index contributed by atoms with van der Waals surface area (Å²) in [6.07, 6.45) is 2.88. The minimum Gasteiger partial charge on any atom is -0.493 e. The van der Waals surface area contributed by atoms with Gasteiger partial charge in [0.05, 0.1) is 31.9 Å². The number of carbonyl (C=O) groups is 2. The van der Waals surface area contributed by atoms with Gasteiger partial charge in [-0.2, -0.15) is 9.78 Å². The Hall–Kier alpha value is -4.51. The molecule has 4 aromatic rings. The number of esters is 1. The van der Waals surface area contributed by atoms with E-state index in [1.807, 2.05) is 0 Å². The number of methoxy groups -OCH3 is 2. The van der Waals surface area contributed by atoms with Gasteiger partial charge in [0.1, 0.15) is 10.8 Å². The average Bonchev–Trinajstić information content (AvgIpc) is 3.32. The summed E-state index contributed by atoms with van der Waals surface area (Å²) in [7, 11) is 3.04. The number of rotatable bonds is 8. The lowest BCUT2D eigenvalue weighted by atomic mass is 10.2. The molecular formula is C26H22FN3O6S. The van der Waals surface area contributed by atoms with Crippen LogP contribution >= 0.6 is 11.3 Å². The third-order valence-corrected chi connectivity index (χ3v) is 6.16. The molecule has 0 aliphatic carbocycles. The van der Waals surface area contributed by atoms with Crippen molar-refractivity contribution in [2.75, 3.05) is 26.1 Å². The summed E-state index contributed by atoms with van der Waals surface area (Å²) in [4.78, 5) is 38.7. The van der Waals surface area contributed by atoms with Crippen LogP contribution in [0.3, 0.4) is 0 Å². The minimum atomic E-state index is -0.729. The molecular weight excluding hydrogens is 501 g/mol. The SMILES string of the molecule is CCOC(=O)c1nn(-c2ccc(F)cc2)c(=O)c2c(NC(=O)C=Cc3ccc(OC)c(OC)c3)scc12. The molecule has 37 heavy (non-hydrogen) atoms. The van der Waals surface area contributed by atoms with Gasteiger partial charge in [-0.15, -0.1) is 11.3 Å². The zero-order chi connectivity index (χ0) is 26.5. The largest absolute Gasteiger partial charge is 0.493 e. The van der Waals surface area contributed by atoms with Crippen molar-refractivity contribution < 1.29 is 28.2 Å². The predicted molar refractivity (Wildman–Crippen MR) is 138 cm³/mol. The highest BCUT2D eigenvalue weighted by molar-refractivity contribution is 7.16. The highest BCUT2D eigenvalue weighted by Crippen LogP contribution is 2.31. The lowest BCUT2D eigenvalue weighted by molar-refractivity contribution is -0.111. The maximum Gasteiger partial charge on any atom is 0.359 e. The second-order valence-corrected chi connectivity index (χ2v) is 8.43. The molecule has 11 heteroatoms. The Labute approximate surface area is 214 Å². The fourth-order valence-corrected chi connectivity index (χ4v) is 4.47. The van der Waals surface area contributed by atoms with Gasteiger partial charge in [0.2, 0.25) is 5.91 Å². The van der Waals surface area contributed by atoms with Crippen molar-refractivity contribution in [1.82, 2.24) is 9.78 Å². The molecule has 0 fully saturated rings. The summed E-state index contributed by atoms with van der Waals surface area (Å²) in [5.74, 6) is -0.659. The molecule has 0 spiro atoms. The maximum atomic E-state index is 13.4. The van der Waals surface area contributed by atoms with Crippen molar-refractivity contribution in [3.05, 3.63) is 81.3 Å². The van der Waals surface area contributed by atoms with E-state index in [0.717, 1.165) is 16.0 Å². The number of hydrogen-bond donors (Lipinski definition) is 1. The number of hydrogen-bond acceptors (Lipinski definition) is 8. The average molecular weight is 524 g/mol. The Morgan fingerprint density at radius 2 is 1.84 bits per heavy atom. The first-order chi connectivity index (χ1) is 17.9. The zero-order valence-electron chi connectivity index (χ0n) is 20.1. The molecule has 0 radical (unpaired) electrons. The quantitative estimate of drug-likeness (QED) is 0.269. The molecule has 2 aromatic carbocycles. The van der Waals surface area contributed by atoms with Gasteiger partial charge >= 0.3 is 5.97 Å². The predicted octanol–water partition coefficient (Wildman–Crippen LogP) is 4.43. The maximum absolute atomic E-state index is 13.4. The van der Waals surface area contributed by atoms with Gasteiger partial charge in [-0.05, 0) is 55.0 Å². The first kappa shape index (κ1) is 25.6. The van der Waals surface area contributed by atoms with E-state index in [9.17, 15) is 18.8 Å². The van der Waals surface area contributed by atoms with Crippen LogP contribution in [-0.2, 0) is 9.53 Å². The molecule has 0 bridgehead atoms. The fraction of sp³-hybridized carbons (Fsp3) is 0.154. The number of thiophene rings is 1. The molecule has 1 amide bonds. The lowest BCUT2D eigenvalue weighted by Crippen LogP contribution is -2.25. The second kappa shape index (κ2) is 11.0. The molecule has 0 atom stereocenters. The van der Waals surface area contributed by atoms with Gasteiger partial charge in [-0.25, -0.2) is 9.18 Å². The van der Waals surface area contributed by atoms with Crippen LogP contribution in [-0.4, -0.2) is 42.5 Å². The molecule has 0 saturated heterocycles. The zero-order valence-corrected chi connectivity index (χ0v) is 20.9. The number of fused-ring (bicyclic) bond motifs is 1. The Morgan fingerprint density at radius 3 is 2.51 bits per heavy atom. The van der Waals surface area contributed by atoms with Crippen LogP contribution in [0.15, 0.2) is 58.7 Å². The number of nitrogens with zero attached hydrogens (tertiary/aromatic N) is 2. The van der Waals surface area contributed by atoms with E-state index in [4.69, 9.17) is 14.2 Å². The van der Waals surface area contributed by atoms with Crippen LogP contribution < -0.4 is 20.3 Å². The number of anilines is 1. The van der Waals surface area contributed by atoms with Crippen LogP contribution in [0.1, 0.15) is 23.0 Å². The van der Waals surface area contributed by atoms with E-state index in [2.05, 4.69) is 10.4 Å². The van der Waals surface area contributed by atoms with E-state index < -0.39 is 23.3 Å². The summed E-state index contributed by atoms with van der Waals surface area (Å²) in [6, 6.07) is 10.2. The summed E-state index contributed by atoms with van der Waals surface area (Å²) in [6.45, 7) is 1.75. The molecule has 2 aromatic heterocycles. The second-order valence-electron chi connectivity index (χ2n) is 7.55. The van der Waals surface area contributed by atoms with E-state index in [1.165, 1.54) is 44.6 Å². The summed E-state index contributed by atoms with van der Waals surface area (Å²) in [5.41, 5.74) is 0.250. The summed E-state index contributed by atoms with van der Waals surface area (Å²) < 4.78 is 30.0. The Bertz CT molecular complexity index is 1560. The van der Waals surface area contributed by atoms with Crippen molar-refractivity contribution >= 4 is 45.1 Å². The van der Waals surface area contributed by atoms with Crippen molar-refractivity contribution in [2.45, 2.75) is 6.92 Å². The first-order valence-corrected chi connectivity index (χ1v) is 11.9. The van der Waals surface area contributed by atoms with Crippen LogP contribution in [0, 0.1) is 5.82 Å². The normalized spacial score (nSPS) is 11.0. The fourth-order valence-electron chi connectivity index (χ4n) is 3.53. The number of halogens is 1. The van der Waals surface area contributed by atoms with E-state index in [1.54, 1.807) is 36.6 Å². The minimum absolute atomic E-state index is 0.0836. The van der Waals surface area contributed by atoms with Gasteiger partial charge < -0.3 is 19.5 Å². The van der Waals surface area contributed by atoms with Crippen molar-refractivity contribution in [1.29, 1.82) is 0 Å². The summed E-state index contributed by atoms with van der Waals surface area (Å²) >= 11 is 1.07. The van der Waals surface area contributed by atoms with Crippen LogP contribution in [0.5, 0.6) is 11.5 Å². The topological polar surface area (TPSA) is 109 Å². The van der Waals surface area contributed by atoms with Crippen LogP contribution in [0.4, 0.5) is 9.39 Å². The molecule has 4 rings (SSSR count). The molecule has 190 valence electrons. The van der Waals surface area contributed by atoms with Crippen LogP contribution in [0.2, 0.25) is 0 Å². The number of carbonyl (C=O) groups excluding carboxylic acids is 2. The highest BCUT2D eigenvalue weighted by Gasteiger charge is 2.23. The summed E-state index contributed by atoms with van der Waals surface area (Å²) in [5, 5.41) is 8.99. The van der Waals surface area contributed by atoms with E-state index in [-0.39, 0.29) is 33.8 Å². The Kier molecular flexibility index (Phi) is 7.63. The van der Waals surface area contributed by atoms with Crippen molar-refractivity contribution in [3.63, 3.8) is 0 Å². The monoisotopic (exact) mass is 523 g/mol. The number of ether oxygens (including phenoxy) is 3. The first-order valence-electron chi connectivity index (χ1n) is 11.0. The molecule has 0 unspecified atom stereocenters. The van der Waals surface area contributed by atoms with Gasteiger partial charge in [0, 0.05) is 16.8 Å². The Balaban J connectivity index is 1.72.